The van der Waals surface area contributed by atoms with Crippen LogP contribution < -0.4 is 10.6 Å². The molecule has 9 nitrogen and oxygen atoms in total. The van der Waals surface area contributed by atoms with Crippen LogP contribution in [0.1, 0.15) is 55.3 Å². The van der Waals surface area contributed by atoms with Crippen molar-refractivity contribution in [2.24, 2.45) is 0 Å². The van der Waals surface area contributed by atoms with Gasteiger partial charge >= 0.3 is 0 Å². The van der Waals surface area contributed by atoms with Crippen LogP contribution in [0, 0.1) is 0 Å². The second-order valence-corrected chi connectivity index (χ2v) is 11.3. The topological polar surface area (TPSA) is 102 Å². The Morgan fingerprint density at radius 3 is 2.33 bits per heavy atom. The van der Waals surface area contributed by atoms with Crippen LogP contribution in [0.4, 0.5) is 5.69 Å². The van der Waals surface area contributed by atoms with Crippen LogP contribution in [0.2, 0.25) is 0 Å². The van der Waals surface area contributed by atoms with E-state index in [1.807, 2.05) is 4.90 Å². The summed E-state index contributed by atoms with van der Waals surface area (Å²) in [6.45, 7) is 1.88. The minimum atomic E-state index is -3.49. The highest BCUT2D eigenvalue weighted by molar-refractivity contribution is 7.86. The fourth-order valence-corrected chi connectivity index (χ4v) is 6.18. The van der Waals surface area contributed by atoms with Gasteiger partial charge in [0.05, 0.1) is 17.8 Å². The van der Waals surface area contributed by atoms with E-state index in [9.17, 15) is 18.0 Å². The molecule has 1 aliphatic heterocycles. The molecule has 0 aromatic heterocycles. The maximum atomic E-state index is 13.1. The van der Waals surface area contributed by atoms with E-state index in [0.29, 0.717) is 37.4 Å². The highest BCUT2D eigenvalue weighted by Crippen LogP contribution is 2.25. The maximum absolute atomic E-state index is 13.1. The summed E-state index contributed by atoms with van der Waals surface area (Å²) in [6, 6.07) is 7.33. The van der Waals surface area contributed by atoms with Crippen molar-refractivity contribution in [2.45, 2.75) is 57.0 Å². The highest BCUT2D eigenvalue weighted by atomic mass is 32.2. The Morgan fingerprint density at radius 2 is 1.67 bits per heavy atom. The molecule has 0 unspecified atom stereocenters. The number of piperazine rings is 1. The molecule has 0 bridgehead atoms. The Bertz CT molecular complexity index is 951. The minimum absolute atomic E-state index is 0.0877. The molecule has 1 aromatic rings. The number of carbonyl (C=O) groups excluding carboxylic acids is 2. The van der Waals surface area contributed by atoms with E-state index in [0.717, 1.165) is 38.5 Å². The molecule has 0 radical (unpaired) electrons. The molecule has 1 heterocycles. The van der Waals surface area contributed by atoms with Gasteiger partial charge in [-0.2, -0.15) is 17.0 Å². The molecule has 0 spiro atoms. The Balaban J connectivity index is 1.28. The largest absolute Gasteiger partial charge is 0.349 e. The fraction of sp³-hybridized carbons (Fsp3) is 0.652. The zero-order valence-corrected chi connectivity index (χ0v) is 20.1. The summed E-state index contributed by atoms with van der Waals surface area (Å²) >= 11 is 0. The summed E-state index contributed by atoms with van der Waals surface area (Å²) in [5, 5.41) is 5.80. The number of hydrogen-bond donors (Lipinski definition) is 2. The van der Waals surface area contributed by atoms with Crippen molar-refractivity contribution in [2.75, 3.05) is 45.1 Å². The van der Waals surface area contributed by atoms with Gasteiger partial charge in [0.2, 0.25) is 5.91 Å². The van der Waals surface area contributed by atoms with Gasteiger partial charge in [0.15, 0.2) is 0 Å². The molecule has 4 rings (SSSR count). The summed E-state index contributed by atoms with van der Waals surface area (Å²) in [6.07, 6.45) is 7.20. The quantitative estimate of drug-likeness (QED) is 0.593. The smallest absolute Gasteiger partial charge is 0.282 e. The lowest BCUT2D eigenvalue weighted by Gasteiger charge is -2.38. The molecule has 0 atom stereocenters. The zero-order chi connectivity index (χ0) is 23.4. The normalized spacial score (nSPS) is 21.2. The lowest BCUT2D eigenvalue weighted by molar-refractivity contribution is -0.117. The number of amides is 2. The predicted molar refractivity (Wildman–Crippen MR) is 127 cm³/mol. The molecule has 3 aliphatic rings. The van der Waals surface area contributed by atoms with Crippen LogP contribution in [-0.2, 0) is 15.0 Å². The van der Waals surface area contributed by atoms with Crippen LogP contribution in [0.5, 0.6) is 0 Å². The average molecular weight is 478 g/mol. The van der Waals surface area contributed by atoms with E-state index in [2.05, 4.69) is 10.6 Å². The zero-order valence-electron chi connectivity index (χ0n) is 19.3. The summed E-state index contributed by atoms with van der Waals surface area (Å²) in [4.78, 5) is 27.1. The van der Waals surface area contributed by atoms with Crippen molar-refractivity contribution in [3.8, 4) is 0 Å². The third-order valence-electron chi connectivity index (χ3n) is 6.84. The van der Waals surface area contributed by atoms with Crippen molar-refractivity contribution < 1.29 is 18.0 Å². The summed E-state index contributed by atoms with van der Waals surface area (Å²) in [5.74, 6) is -0.383. The van der Waals surface area contributed by atoms with Crippen LogP contribution in [-0.4, -0.2) is 85.6 Å². The van der Waals surface area contributed by atoms with Gasteiger partial charge in [-0.05, 0) is 37.8 Å². The van der Waals surface area contributed by atoms with Crippen molar-refractivity contribution in [1.82, 2.24) is 18.8 Å². The monoisotopic (exact) mass is 477 g/mol. The molecule has 10 heteroatoms. The minimum Gasteiger partial charge on any atom is -0.349 e. The van der Waals surface area contributed by atoms with E-state index < -0.39 is 10.2 Å². The van der Waals surface area contributed by atoms with E-state index in [-0.39, 0.29) is 30.4 Å². The van der Waals surface area contributed by atoms with Crippen LogP contribution in [0.15, 0.2) is 24.3 Å². The first-order valence-electron chi connectivity index (χ1n) is 12.0. The van der Waals surface area contributed by atoms with Crippen LogP contribution in [0.3, 0.4) is 0 Å². The predicted octanol–water partition coefficient (Wildman–Crippen LogP) is 1.64. The van der Waals surface area contributed by atoms with Crippen LogP contribution >= 0.6 is 0 Å². The standard InChI is InChI=1S/C23H35N5O4S/c1-26(19-7-3-2-4-8-19)33(31,32)28-15-13-27(14-16-28)17-22(29)25-21-10-6-5-9-20(21)23(30)24-18-11-12-18/h5-6,9-10,18-19H,2-4,7-8,11-17H2,1H3,(H,24,30)(H,25,29). The summed E-state index contributed by atoms with van der Waals surface area (Å²) in [5.41, 5.74) is 0.954. The molecule has 1 saturated heterocycles. The average Bonchev–Trinajstić information content (AvgIpc) is 3.63. The third kappa shape index (κ3) is 6.11. The van der Waals surface area contributed by atoms with E-state index in [4.69, 9.17) is 0 Å². The van der Waals surface area contributed by atoms with Gasteiger partial charge in [-0.15, -0.1) is 0 Å². The maximum Gasteiger partial charge on any atom is 0.282 e. The number of hydrogen-bond acceptors (Lipinski definition) is 5. The lowest BCUT2D eigenvalue weighted by Crippen LogP contribution is -2.55. The SMILES string of the molecule is CN(C1CCCCC1)S(=O)(=O)N1CCN(CC(=O)Nc2ccccc2C(=O)NC2CC2)CC1. The van der Waals surface area contributed by atoms with Crippen molar-refractivity contribution >= 4 is 27.7 Å². The van der Waals surface area contributed by atoms with Gasteiger partial charge in [0.1, 0.15) is 0 Å². The molecule has 2 N–H and O–H groups in total. The number of nitrogens with one attached hydrogen (secondary N) is 2. The number of carbonyl (C=O) groups is 2. The van der Waals surface area contributed by atoms with Gasteiger partial charge in [-0.25, -0.2) is 0 Å². The number of benzene rings is 1. The third-order valence-corrected chi connectivity index (χ3v) is 8.88. The van der Waals surface area contributed by atoms with E-state index >= 15 is 0 Å². The number of anilines is 1. The van der Waals surface area contributed by atoms with Crippen molar-refractivity contribution in [3.05, 3.63) is 29.8 Å². The molecule has 2 saturated carbocycles. The lowest BCUT2D eigenvalue weighted by atomic mass is 9.96. The molecule has 2 amide bonds. The first kappa shape index (κ1) is 24.1. The highest BCUT2D eigenvalue weighted by Gasteiger charge is 2.35. The van der Waals surface area contributed by atoms with Gasteiger partial charge in [0.25, 0.3) is 16.1 Å². The van der Waals surface area contributed by atoms with Gasteiger partial charge in [-0.3, -0.25) is 14.5 Å². The second kappa shape index (κ2) is 10.5. The number of rotatable bonds is 8. The van der Waals surface area contributed by atoms with Crippen LogP contribution in [0.25, 0.3) is 0 Å². The Hall–Kier alpha value is -2.01. The van der Waals surface area contributed by atoms with E-state index in [1.165, 1.54) is 10.7 Å². The number of para-hydroxylation sites is 1. The second-order valence-electron chi connectivity index (χ2n) is 9.33. The first-order chi connectivity index (χ1) is 15.8. The molecule has 2 aliphatic carbocycles. The Morgan fingerprint density at radius 1 is 1.00 bits per heavy atom. The van der Waals surface area contributed by atoms with Crippen molar-refractivity contribution in [1.29, 1.82) is 0 Å². The summed E-state index contributed by atoms with van der Waals surface area (Å²) < 4.78 is 29.2. The van der Waals surface area contributed by atoms with Gasteiger partial charge < -0.3 is 10.6 Å². The molecule has 3 fully saturated rings. The first-order valence-corrected chi connectivity index (χ1v) is 13.4. The number of nitrogens with zero attached hydrogens (tertiary/aromatic N) is 3. The molecule has 33 heavy (non-hydrogen) atoms. The van der Waals surface area contributed by atoms with E-state index in [1.54, 1.807) is 35.6 Å². The Kier molecular flexibility index (Phi) is 7.68. The van der Waals surface area contributed by atoms with Gasteiger partial charge in [-0.1, -0.05) is 31.4 Å². The molecule has 1 aromatic carbocycles. The fourth-order valence-electron chi connectivity index (χ4n) is 4.61. The summed E-state index contributed by atoms with van der Waals surface area (Å²) in [7, 11) is -1.79. The molecule has 182 valence electrons. The molecular weight excluding hydrogens is 442 g/mol. The van der Waals surface area contributed by atoms with Gasteiger partial charge in [0, 0.05) is 45.3 Å². The van der Waals surface area contributed by atoms with Crippen molar-refractivity contribution in [3.63, 3.8) is 0 Å². The molecular formula is C23H35N5O4S. The Labute approximate surface area is 196 Å².